The van der Waals surface area contributed by atoms with E-state index >= 15 is 0 Å². The number of benzene rings is 3. The molecule has 4 rings (SSSR count). The van der Waals surface area contributed by atoms with E-state index in [0.717, 1.165) is 44.4 Å². The molecule has 4 aromatic rings. The molecule has 1 amide bonds. The molecule has 4 nitrogen and oxygen atoms in total. The standard InChI is InChI=1S/C27H23Cl2NO3/c1-16(12-25(31)30-14-18-4-8-20(28)9-5-18)22-13-23-24(19-6-10-21(29)11-7-19)15-33-27(23)17(2)26(22)32-3/h4-13,15H,14H2,1-3H3,(H,30,31)/b16-12+. The number of carbonyl (C=O) groups excluding carboxylic acids is 1. The van der Waals surface area contributed by atoms with Crippen LogP contribution in [-0.4, -0.2) is 13.0 Å². The minimum Gasteiger partial charge on any atom is -0.496 e. The number of allylic oxidation sites excluding steroid dienone is 1. The monoisotopic (exact) mass is 479 g/mol. The van der Waals surface area contributed by atoms with Gasteiger partial charge in [0.25, 0.3) is 0 Å². The third-order valence-corrected chi connectivity index (χ3v) is 6.06. The molecule has 0 saturated carbocycles. The topological polar surface area (TPSA) is 51.5 Å². The summed E-state index contributed by atoms with van der Waals surface area (Å²) >= 11 is 12.0. The Hall–Kier alpha value is -3.21. The first kappa shape index (κ1) is 23.0. The molecule has 6 heteroatoms. The summed E-state index contributed by atoms with van der Waals surface area (Å²) in [4.78, 5) is 12.6. The second kappa shape index (κ2) is 9.74. The van der Waals surface area contributed by atoms with Crippen LogP contribution in [0.3, 0.4) is 0 Å². The Kier molecular flexibility index (Phi) is 6.77. The highest BCUT2D eigenvalue weighted by molar-refractivity contribution is 6.30. The fraction of sp³-hybridized carbons (Fsp3) is 0.148. The first-order valence-corrected chi connectivity index (χ1v) is 11.2. The molecule has 0 saturated heterocycles. The smallest absolute Gasteiger partial charge is 0.244 e. The Morgan fingerprint density at radius 1 is 1.06 bits per heavy atom. The van der Waals surface area contributed by atoms with Gasteiger partial charge >= 0.3 is 0 Å². The summed E-state index contributed by atoms with van der Waals surface area (Å²) in [6.45, 7) is 4.26. The van der Waals surface area contributed by atoms with E-state index in [4.69, 9.17) is 32.4 Å². The van der Waals surface area contributed by atoms with Gasteiger partial charge < -0.3 is 14.5 Å². The molecule has 0 fully saturated rings. The van der Waals surface area contributed by atoms with Crippen LogP contribution in [0.5, 0.6) is 5.75 Å². The van der Waals surface area contributed by atoms with Crippen molar-refractivity contribution in [3.05, 3.63) is 93.7 Å². The Balaban J connectivity index is 1.67. The zero-order chi connectivity index (χ0) is 23.5. The number of aryl methyl sites for hydroxylation is 1. The molecular formula is C27H23Cl2NO3. The second-order valence-corrected chi connectivity index (χ2v) is 8.66. The average Bonchev–Trinajstić information content (AvgIpc) is 3.23. The van der Waals surface area contributed by atoms with Crippen LogP contribution in [0.2, 0.25) is 10.0 Å². The van der Waals surface area contributed by atoms with Crippen molar-refractivity contribution in [3.63, 3.8) is 0 Å². The van der Waals surface area contributed by atoms with E-state index in [0.29, 0.717) is 22.3 Å². The number of nitrogens with one attached hydrogen (secondary N) is 1. The summed E-state index contributed by atoms with van der Waals surface area (Å²) in [5.74, 6) is 0.492. The summed E-state index contributed by atoms with van der Waals surface area (Å²) in [5, 5.41) is 5.20. The predicted molar refractivity (Wildman–Crippen MR) is 135 cm³/mol. The molecule has 0 radical (unpaired) electrons. The number of halogens is 2. The molecule has 0 spiro atoms. The van der Waals surface area contributed by atoms with E-state index in [1.165, 1.54) is 0 Å². The van der Waals surface area contributed by atoms with Crippen LogP contribution in [-0.2, 0) is 11.3 Å². The van der Waals surface area contributed by atoms with Crippen molar-refractivity contribution in [1.82, 2.24) is 5.32 Å². The fourth-order valence-corrected chi connectivity index (χ4v) is 4.09. The highest BCUT2D eigenvalue weighted by Gasteiger charge is 2.18. The number of amides is 1. The lowest BCUT2D eigenvalue weighted by Gasteiger charge is -2.13. The van der Waals surface area contributed by atoms with E-state index in [2.05, 4.69) is 5.32 Å². The van der Waals surface area contributed by atoms with Crippen LogP contribution in [0.15, 0.2) is 71.4 Å². The van der Waals surface area contributed by atoms with Crippen molar-refractivity contribution < 1.29 is 13.9 Å². The number of fused-ring (bicyclic) bond motifs is 1. The minimum atomic E-state index is -0.188. The van der Waals surface area contributed by atoms with E-state index in [1.807, 2.05) is 56.3 Å². The lowest BCUT2D eigenvalue weighted by atomic mass is 9.96. The van der Waals surface area contributed by atoms with Gasteiger partial charge in [-0.25, -0.2) is 0 Å². The number of hydrogen-bond acceptors (Lipinski definition) is 3. The van der Waals surface area contributed by atoms with E-state index in [9.17, 15) is 4.79 Å². The van der Waals surface area contributed by atoms with Crippen LogP contribution < -0.4 is 10.1 Å². The van der Waals surface area contributed by atoms with Crippen LogP contribution in [0.1, 0.15) is 23.6 Å². The third kappa shape index (κ3) is 4.92. The van der Waals surface area contributed by atoms with Crippen molar-refractivity contribution >= 4 is 45.7 Å². The molecule has 1 heterocycles. The van der Waals surface area contributed by atoms with Crippen molar-refractivity contribution in [1.29, 1.82) is 0 Å². The number of methoxy groups -OCH3 is 1. The van der Waals surface area contributed by atoms with E-state index in [1.54, 1.807) is 31.6 Å². The number of hydrogen-bond donors (Lipinski definition) is 1. The van der Waals surface area contributed by atoms with Gasteiger partial charge in [0.15, 0.2) is 0 Å². The second-order valence-electron chi connectivity index (χ2n) is 7.79. The quantitative estimate of drug-likeness (QED) is 0.292. The lowest BCUT2D eigenvalue weighted by molar-refractivity contribution is -0.116. The van der Waals surface area contributed by atoms with Crippen molar-refractivity contribution in [2.75, 3.05) is 7.11 Å². The molecule has 0 unspecified atom stereocenters. The SMILES string of the molecule is COc1c(/C(C)=C/C(=O)NCc2ccc(Cl)cc2)cc2c(-c3ccc(Cl)cc3)coc2c1C. The fourth-order valence-electron chi connectivity index (χ4n) is 3.84. The maximum absolute atomic E-state index is 12.6. The van der Waals surface area contributed by atoms with Gasteiger partial charge in [-0.1, -0.05) is 47.5 Å². The number of furan rings is 1. The van der Waals surface area contributed by atoms with Gasteiger partial charge in [0.2, 0.25) is 5.91 Å². The maximum atomic E-state index is 12.6. The van der Waals surface area contributed by atoms with Gasteiger partial charge in [-0.15, -0.1) is 0 Å². The summed E-state index contributed by atoms with van der Waals surface area (Å²) in [7, 11) is 1.62. The van der Waals surface area contributed by atoms with Gasteiger partial charge in [0.1, 0.15) is 11.3 Å². The zero-order valence-corrected chi connectivity index (χ0v) is 20.1. The lowest BCUT2D eigenvalue weighted by Crippen LogP contribution is -2.20. The van der Waals surface area contributed by atoms with Gasteiger partial charge in [0.05, 0.1) is 13.4 Å². The first-order valence-electron chi connectivity index (χ1n) is 10.4. The molecule has 3 aromatic carbocycles. The Labute approximate surface area is 202 Å². The van der Waals surface area contributed by atoms with E-state index in [-0.39, 0.29) is 5.91 Å². The highest BCUT2D eigenvalue weighted by Crippen LogP contribution is 2.40. The third-order valence-electron chi connectivity index (χ3n) is 5.56. The van der Waals surface area contributed by atoms with Crippen molar-refractivity contribution in [3.8, 4) is 16.9 Å². The zero-order valence-electron chi connectivity index (χ0n) is 18.5. The summed E-state index contributed by atoms with van der Waals surface area (Å²) < 4.78 is 11.6. The van der Waals surface area contributed by atoms with Crippen LogP contribution in [0, 0.1) is 6.92 Å². The number of rotatable bonds is 6. The molecule has 168 valence electrons. The van der Waals surface area contributed by atoms with Crippen LogP contribution in [0.25, 0.3) is 27.7 Å². The van der Waals surface area contributed by atoms with Gasteiger partial charge in [-0.05, 0) is 60.9 Å². The predicted octanol–water partition coefficient (Wildman–Crippen LogP) is 7.44. The normalized spacial score (nSPS) is 11.6. The molecule has 0 bridgehead atoms. The highest BCUT2D eigenvalue weighted by atomic mass is 35.5. The average molecular weight is 480 g/mol. The largest absolute Gasteiger partial charge is 0.496 e. The summed E-state index contributed by atoms with van der Waals surface area (Å²) in [6, 6.07) is 17.0. The van der Waals surface area contributed by atoms with Crippen LogP contribution in [0.4, 0.5) is 0 Å². The molecule has 0 aliphatic rings. The molecule has 33 heavy (non-hydrogen) atoms. The summed E-state index contributed by atoms with van der Waals surface area (Å²) in [6.07, 6.45) is 3.32. The number of carbonyl (C=O) groups is 1. The van der Waals surface area contributed by atoms with Crippen molar-refractivity contribution in [2.45, 2.75) is 20.4 Å². The molecule has 0 aliphatic heterocycles. The van der Waals surface area contributed by atoms with E-state index < -0.39 is 0 Å². The van der Waals surface area contributed by atoms with Crippen molar-refractivity contribution in [2.24, 2.45) is 0 Å². The Morgan fingerprint density at radius 2 is 1.70 bits per heavy atom. The summed E-state index contributed by atoms with van der Waals surface area (Å²) in [5.41, 5.74) is 6.17. The molecular weight excluding hydrogens is 457 g/mol. The first-order chi connectivity index (χ1) is 15.9. The molecule has 0 atom stereocenters. The Morgan fingerprint density at radius 3 is 2.33 bits per heavy atom. The Bertz CT molecular complexity index is 1340. The van der Waals surface area contributed by atoms with Gasteiger partial charge in [0, 0.05) is 44.7 Å². The maximum Gasteiger partial charge on any atom is 0.244 e. The molecule has 1 aromatic heterocycles. The van der Waals surface area contributed by atoms with Gasteiger partial charge in [-0.3, -0.25) is 4.79 Å². The van der Waals surface area contributed by atoms with Crippen LogP contribution >= 0.6 is 23.2 Å². The number of ether oxygens (including phenoxy) is 1. The van der Waals surface area contributed by atoms with Gasteiger partial charge in [-0.2, -0.15) is 0 Å². The molecule has 1 N–H and O–H groups in total. The molecule has 0 aliphatic carbocycles. The minimum absolute atomic E-state index is 0.188.